The first-order valence-corrected chi connectivity index (χ1v) is 9.54. The number of halogens is 1. The number of hydrogen-bond donors (Lipinski definition) is 2. The summed E-state index contributed by atoms with van der Waals surface area (Å²) >= 11 is 0. The number of aliphatic imine (C=N–C) groups is 1. The number of amides is 1. The second-order valence-corrected chi connectivity index (χ2v) is 7.47. The maximum atomic E-state index is 11.3. The van der Waals surface area contributed by atoms with Crippen LogP contribution in [0.1, 0.15) is 61.4 Å². The fourth-order valence-electron chi connectivity index (χ4n) is 4.24. The van der Waals surface area contributed by atoms with Gasteiger partial charge in [0.15, 0.2) is 5.96 Å². The molecule has 26 heavy (non-hydrogen) atoms. The molecule has 6 heteroatoms. The van der Waals surface area contributed by atoms with E-state index >= 15 is 0 Å². The number of carbonyl (C=O) groups excluding carboxylic acids is 1. The number of likely N-dealkylation sites (tertiary alicyclic amines) is 1. The summed E-state index contributed by atoms with van der Waals surface area (Å²) in [5, 5.41) is 3.44. The van der Waals surface area contributed by atoms with Gasteiger partial charge in [0.1, 0.15) is 0 Å². The Morgan fingerprint density at radius 3 is 2.73 bits per heavy atom. The van der Waals surface area contributed by atoms with Crippen LogP contribution in [0.25, 0.3) is 0 Å². The van der Waals surface area contributed by atoms with Gasteiger partial charge in [0.05, 0.1) is 6.54 Å². The van der Waals surface area contributed by atoms with Gasteiger partial charge in [-0.05, 0) is 49.3 Å². The molecule has 2 fully saturated rings. The van der Waals surface area contributed by atoms with Crippen LogP contribution in [0.5, 0.6) is 0 Å². The van der Waals surface area contributed by atoms with Gasteiger partial charge in [-0.25, -0.2) is 4.99 Å². The fraction of sp³-hybridized carbons (Fsp3) is 0.600. The fourth-order valence-corrected chi connectivity index (χ4v) is 4.24. The normalized spacial score (nSPS) is 19.3. The summed E-state index contributed by atoms with van der Waals surface area (Å²) in [7, 11) is 0. The third kappa shape index (κ3) is 5.11. The van der Waals surface area contributed by atoms with Crippen molar-refractivity contribution >= 4 is 35.8 Å². The van der Waals surface area contributed by atoms with E-state index in [1.165, 1.54) is 38.5 Å². The summed E-state index contributed by atoms with van der Waals surface area (Å²) in [6.07, 6.45) is 8.16. The minimum Gasteiger partial charge on any atom is -0.366 e. The molecule has 0 atom stereocenters. The van der Waals surface area contributed by atoms with Gasteiger partial charge in [0.25, 0.3) is 0 Å². The van der Waals surface area contributed by atoms with Crippen molar-refractivity contribution in [2.24, 2.45) is 16.1 Å². The van der Waals surface area contributed by atoms with E-state index in [0.29, 0.717) is 17.5 Å². The number of primary amides is 1. The molecule has 1 aliphatic carbocycles. The molecule has 5 nitrogen and oxygen atoms in total. The molecule has 1 aliphatic heterocycles. The molecule has 1 aromatic carbocycles. The minimum absolute atomic E-state index is 0. The van der Waals surface area contributed by atoms with Crippen molar-refractivity contribution in [2.75, 3.05) is 19.6 Å². The van der Waals surface area contributed by atoms with Gasteiger partial charge in [-0.1, -0.05) is 31.4 Å². The van der Waals surface area contributed by atoms with Gasteiger partial charge in [-0.3, -0.25) is 4.79 Å². The van der Waals surface area contributed by atoms with E-state index in [-0.39, 0.29) is 24.0 Å². The van der Waals surface area contributed by atoms with Crippen molar-refractivity contribution in [1.82, 2.24) is 10.2 Å². The van der Waals surface area contributed by atoms with Gasteiger partial charge in [-0.2, -0.15) is 0 Å². The molecule has 1 amide bonds. The van der Waals surface area contributed by atoms with Crippen molar-refractivity contribution in [3.05, 3.63) is 35.4 Å². The summed E-state index contributed by atoms with van der Waals surface area (Å²) in [6, 6.07) is 7.44. The molecule has 3 N–H and O–H groups in total. The van der Waals surface area contributed by atoms with E-state index in [9.17, 15) is 4.79 Å². The van der Waals surface area contributed by atoms with Crippen molar-refractivity contribution in [3.8, 4) is 0 Å². The molecule has 2 aliphatic rings. The maximum Gasteiger partial charge on any atom is 0.248 e. The number of guanidine groups is 1. The molecule has 144 valence electrons. The molecular formula is C20H31IN4O. The highest BCUT2D eigenvalue weighted by Crippen LogP contribution is 2.43. The van der Waals surface area contributed by atoms with E-state index in [4.69, 9.17) is 10.7 Å². The summed E-state index contributed by atoms with van der Waals surface area (Å²) < 4.78 is 0. The molecule has 1 saturated carbocycles. The van der Waals surface area contributed by atoms with Gasteiger partial charge < -0.3 is 16.0 Å². The number of rotatable bonds is 4. The number of nitrogens with two attached hydrogens (primary N) is 1. The molecule has 3 rings (SSSR count). The molecule has 0 aromatic heterocycles. The largest absolute Gasteiger partial charge is 0.366 e. The smallest absolute Gasteiger partial charge is 0.248 e. The second-order valence-electron chi connectivity index (χ2n) is 7.47. The number of hydrogen-bond acceptors (Lipinski definition) is 2. The average molecular weight is 470 g/mol. The summed E-state index contributed by atoms with van der Waals surface area (Å²) in [5.74, 6) is 0.603. The van der Waals surface area contributed by atoms with E-state index < -0.39 is 5.91 Å². The van der Waals surface area contributed by atoms with Crippen LogP contribution in [-0.2, 0) is 6.54 Å². The Morgan fingerprint density at radius 1 is 1.27 bits per heavy atom. The predicted molar refractivity (Wildman–Crippen MR) is 117 cm³/mol. The summed E-state index contributed by atoms with van der Waals surface area (Å²) in [4.78, 5) is 18.6. The molecular weight excluding hydrogens is 439 g/mol. The topological polar surface area (TPSA) is 70.7 Å². The van der Waals surface area contributed by atoms with Crippen LogP contribution in [0.3, 0.4) is 0 Å². The Labute approximate surface area is 173 Å². The van der Waals surface area contributed by atoms with E-state index in [1.807, 2.05) is 18.2 Å². The van der Waals surface area contributed by atoms with Crippen LogP contribution in [0.4, 0.5) is 0 Å². The summed E-state index contributed by atoms with van der Waals surface area (Å²) in [5.41, 5.74) is 7.44. The van der Waals surface area contributed by atoms with Gasteiger partial charge in [-0.15, -0.1) is 24.0 Å². The standard InChI is InChI=1S/C20H30N4O.HI/c1-2-22-19(23-14-16-7-6-8-17(13-16)18(21)25)24-12-11-20(15-24)9-4-3-5-10-20;/h6-8,13H,2-5,9-12,14-15H2,1H3,(H2,21,25)(H,22,23);1H. The Hall–Kier alpha value is -1.31. The van der Waals surface area contributed by atoms with Gasteiger partial charge in [0, 0.05) is 25.2 Å². The highest BCUT2D eigenvalue weighted by molar-refractivity contribution is 14.0. The van der Waals surface area contributed by atoms with E-state index in [2.05, 4.69) is 17.1 Å². The molecule has 1 saturated heterocycles. The Balaban J connectivity index is 0.00000243. The quantitative estimate of drug-likeness (QED) is 0.402. The van der Waals surface area contributed by atoms with Crippen LogP contribution in [-0.4, -0.2) is 36.4 Å². The van der Waals surface area contributed by atoms with Crippen LogP contribution < -0.4 is 11.1 Å². The first-order valence-electron chi connectivity index (χ1n) is 9.54. The second kappa shape index (κ2) is 9.58. The first kappa shape index (κ1) is 21.0. The number of benzene rings is 1. The van der Waals surface area contributed by atoms with Crippen LogP contribution in [0.2, 0.25) is 0 Å². The molecule has 0 radical (unpaired) electrons. The lowest BCUT2D eigenvalue weighted by atomic mass is 9.73. The average Bonchev–Trinajstić information content (AvgIpc) is 3.02. The molecule has 1 spiro atoms. The number of nitrogens with one attached hydrogen (secondary N) is 1. The highest BCUT2D eigenvalue weighted by atomic mass is 127. The van der Waals surface area contributed by atoms with Crippen molar-refractivity contribution < 1.29 is 4.79 Å². The maximum absolute atomic E-state index is 11.3. The van der Waals surface area contributed by atoms with Crippen LogP contribution in [0.15, 0.2) is 29.3 Å². The lowest BCUT2D eigenvalue weighted by Crippen LogP contribution is -2.41. The Kier molecular flexibility index (Phi) is 7.73. The predicted octanol–water partition coefficient (Wildman–Crippen LogP) is 3.53. The summed E-state index contributed by atoms with van der Waals surface area (Å²) in [6.45, 7) is 5.75. The SMILES string of the molecule is CCNC(=NCc1cccc(C(N)=O)c1)N1CCC2(CCCCC2)C1.I. The van der Waals surface area contributed by atoms with E-state index in [1.54, 1.807) is 6.07 Å². The number of nitrogens with zero attached hydrogens (tertiary/aromatic N) is 2. The van der Waals surface area contributed by atoms with Crippen molar-refractivity contribution in [2.45, 2.75) is 52.0 Å². The highest BCUT2D eigenvalue weighted by Gasteiger charge is 2.39. The van der Waals surface area contributed by atoms with Crippen LogP contribution >= 0.6 is 24.0 Å². The minimum atomic E-state index is -0.392. The molecule has 1 heterocycles. The molecule has 0 bridgehead atoms. The third-order valence-corrected chi connectivity index (χ3v) is 5.61. The molecule has 0 unspecified atom stereocenters. The van der Waals surface area contributed by atoms with Crippen LogP contribution in [0, 0.1) is 5.41 Å². The molecule has 1 aromatic rings. The lowest BCUT2D eigenvalue weighted by molar-refractivity contribution is 0.1000. The van der Waals surface area contributed by atoms with Crippen molar-refractivity contribution in [3.63, 3.8) is 0 Å². The first-order chi connectivity index (χ1) is 12.1. The van der Waals surface area contributed by atoms with Crippen molar-refractivity contribution in [1.29, 1.82) is 0 Å². The third-order valence-electron chi connectivity index (χ3n) is 5.61. The Morgan fingerprint density at radius 2 is 2.04 bits per heavy atom. The van der Waals surface area contributed by atoms with Gasteiger partial charge >= 0.3 is 0 Å². The zero-order valence-corrected chi connectivity index (χ0v) is 18.0. The zero-order chi connectivity index (χ0) is 17.7. The lowest BCUT2D eigenvalue weighted by Gasteiger charge is -2.33. The Bertz CT molecular complexity index is 640. The number of carbonyl (C=O) groups is 1. The zero-order valence-electron chi connectivity index (χ0n) is 15.7. The monoisotopic (exact) mass is 470 g/mol. The van der Waals surface area contributed by atoms with E-state index in [0.717, 1.165) is 31.2 Å². The van der Waals surface area contributed by atoms with Gasteiger partial charge in [0.2, 0.25) is 5.91 Å².